The van der Waals surface area contributed by atoms with Gasteiger partial charge in [-0.3, -0.25) is 5.32 Å². The van der Waals surface area contributed by atoms with Gasteiger partial charge in [0, 0.05) is 6.54 Å². The smallest absolute Gasteiger partial charge is 0.110 e. The molecule has 1 aromatic heterocycles. The second-order valence-corrected chi connectivity index (χ2v) is 2.35. The van der Waals surface area contributed by atoms with Gasteiger partial charge in [0.15, 0.2) is 0 Å². The first kappa shape index (κ1) is 5.63. The molecule has 1 rings (SSSR count). The first-order chi connectivity index (χ1) is 3.93. The Hall–Kier alpha value is -0.500. The fourth-order valence-corrected chi connectivity index (χ4v) is 1.17. The van der Waals surface area contributed by atoms with Gasteiger partial charge in [0.05, 0.1) is 0 Å². The van der Waals surface area contributed by atoms with Crippen molar-refractivity contribution in [3.05, 3.63) is 17.5 Å². The van der Waals surface area contributed by atoms with E-state index in [4.69, 9.17) is 0 Å². The minimum atomic E-state index is 0.889. The van der Waals surface area contributed by atoms with Crippen molar-refractivity contribution in [3.63, 3.8) is 0 Å². The summed E-state index contributed by atoms with van der Waals surface area (Å²) in [5.74, 6) is 0. The standard InChI is InChI=1S/C6H8NS/c1-2-7-6-4-3-5-8-6/h3-5H,2H2,1H3. The molecule has 0 amide bonds. The summed E-state index contributed by atoms with van der Waals surface area (Å²) in [5.41, 5.74) is 0. The number of thiophene rings is 1. The van der Waals surface area contributed by atoms with Gasteiger partial charge in [-0.1, -0.05) is 0 Å². The lowest BCUT2D eigenvalue weighted by Crippen LogP contribution is -1.90. The highest BCUT2D eigenvalue weighted by atomic mass is 32.1. The predicted octanol–water partition coefficient (Wildman–Crippen LogP) is 2.00. The lowest BCUT2D eigenvalue weighted by Gasteiger charge is -1.88. The molecule has 0 aliphatic carbocycles. The fourth-order valence-electron chi connectivity index (χ4n) is 0.516. The summed E-state index contributed by atoms with van der Waals surface area (Å²) in [6.45, 7) is 2.93. The van der Waals surface area contributed by atoms with Gasteiger partial charge in [0.25, 0.3) is 0 Å². The molecule has 8 heavy (non-hydrogen) atoms. The molecule has 0 spiro atoms. The van der Waals surface area contributed by atoms with E-state index >= 15 is 0 Å². The molecule has 0 atom stereocenters. The summed E-state index contributed by atoms with van der Waals surface area (Å²) in [4.78, 5) is 0. The average molecular weight is 126 g/mol. The van der Waals surface area contributed by atoms with E-state index in [1.807, 2.05) is 24.4 Å². The van der Waals surface area contributed by atoms with Crippen molar-refractivity contribution in [1.82, 2.24) is 5.32 Å². The first-order valence-electron chi connectivity index (χ1n) is 2.64. The molecule has 1 nitrogen and oxygen atoms in total. The van der Waals surface area contributed by atoms with E-state index < -0.39 is 0 Å². The van der Waals surface area contributed by atoms with E-state index in [1.54, 1.807) is 11.3 Å². The van der Waals surface area contributed by atoms with Crippen molar-refractivity contribution in [3.8, 4) is 0 Å². The summed E-state index contributed by atoms with van der Waals surface area (Å²) >= 11 is 1.68. The molecule has 0 saturated carbocycles. The molecular weight excluding hydrogens is 118 g/mol. The molecular formula is C6H8NS. The van der Waals surface area contributed by atoms with Gasteiger partial charge < -0.3 is 0 Å². The Labute approximate surface area is 53.4 Å². The third kappa shape index (κ3) is 1.23. The molecule has 1 aromatic rings. The van der Waals surface area contributed by atoms with Crippen LogP contribution in [0.25, 0.3) is 0 Å². The van der Waals surface area contributed by atoms with Gasteiger partial charge in [-0.05, 0) is 24.4 Å². The van der Waals surface area contributed by atoms with Crippen LogP contribution in [0.3, 0.4) is 0 Å². The fraction of sp³-hybridized carbons (Fsp3) is 0.333. The van der Waals surface area contributed by atoms with Crippen LogP contribution in [0.4, 0.5) is 5.00 Å². The van der Waals surface area contributed by atoms with Gasteiger partial charge in [-0.2, -0.15) is 0 Å². The van der Waals surface area contributed by atoms with Crippen molar-refractivity contribution in [1.29, 1.82) is 0 Å². The van der Waals surface area contributed by atoms with Gasteiger partial charge in [0.2, 0.25) is 0 Å². The highest BCUT2D eigenvalue weighted by molar-refractivity contribution is 7.13. The maximum atomic E-state index is 4.19. The second kappa shape index (κ2) is 2.72. The van der Waals surface area contributed by atoms with Crippen molar-refractivity contribution < 1.29 is 0 Å². The van der Waals surface area contributed by atoms with Gasteiger partial charge in [0.1, 0.15) is 5.00 Å². The summed E-state index contributed by atoms with van der Waals surface area (Å²) in [5, 5.41) is 7.35. The summed E-state index contributed by atoms with van der Waals surface area (Å²) in [6.07, 6.45) is 0. The zero-order valence-electron chi connectivity index (χ0n) is 4.79. The molecule has 0 aliphatic rings. The molecule has 0 bridgehead atoms. The van der Waals surface area contributed by atoms with Crippen LogP contribution in [0.5, 0.6) is 0 Å². The minimum absolute atomic E-state index is 0.889. The summed E-state index contributed by atoms with van der Waals surface area (Å²) in [7, 11) is 0. The minimum Gasteiger partial charge on any atom is -0.275 e. The lowest BCUT2D eigenvalue weighted by atomic mass is 10.6. The SMILES string of the molecule is CC[N]c1cccs1. The van der Waals surface area contributed by atoms with Crippen LogP contribution in [0.1, 0.15) is 6.92 Å². The van der Waals surface area contributed by atoms with Crippen molar-refractivity contribution >= 4 is 16.3 Å². The molecule has 0 aliphatic heterocycles. The van der Waals surface area contributed by atoms with Crippen LogP contribution in [-0.4, -0.2) is 6.54 Å². The Balaban J connectivity index is 2.50. The molecule has 0 unspecified atom stereocenters. The molecule has 43 valence electrons. The Morgan fingerprint density at radius 2 is 2.62 bits per heavy atom. The third-order valence-corrected chi connectivity index (χ3v) is 1.62. The van der Waals surface area contributed by atoms with Crippen molar-refractivity contribution in [2.24, 2.45) is 0 Å². The number of hydrogen-bond donors (Lipinski definition) is 0. The molecule has 0 aromatic carbocycles. The van der Waals surface area contributed by atoms with Crippen molar-refractivity contribution in [2.75, 3.05) is 6.54 Å². The number of rotatable bonds is 2. The Morgan fingerprint density at radius 1 is 1.75 bits per heavy atom. The maximum absolute atomic E-state index is 4.19. The van der Waals surface area contributed by atoms with Crippen LogP contribution in [0.2, 0.25) is 0 Å². The van der Waals surface area contributed by atoms with Crippen LogP contribution in [0.15, 0.2) is 17.5 Å². The Morgan fingerprint density at radius 3 is 3.12 bits per heavy atom. The second-order valence-electron chi connectivity index (χ2n) is 1.43. The highest BCUT2D eigenvalue weighted by Gasteiger charge is 1.86. The van der Waals surface area contributed by atoms with E-state index in [-0.39, 0.29) is 0 Å². The molecule has 0 N–H and O–H groups in total. The van der Waals surface area contributed by atoms with E-state index in [0.29, 0.717) is 0 Å². The normalized spacial score (nSPS) is 9.12. The van der Waals surface area contributed by atoms with Gasteiger partial charge >= 0.3 is 0 Å². The summed E-state index contributed by atoms with van der Waals surface area (Å²) in [6, 6.07) is 4.04. The van der Waals surface area contributed by atoms with Crippen LogP contribution >= 0.6 is 11.3 Å². The molecule has 0 saturated heterocycles. The predicted molar refractivity (Wildman–Crippen MR) is 36.7 cm³/mol. The topological polar surface area (TPSA) is 14.1 Å². The van der Waals surface area contributed by atoms with Gasteiger partial charge in [-0.15, -0.1) is 11.3 Å². The van der Waals surface area contributed by atoms with E-state index in [2.05, 4.69) is 5.32 Å². The third-order valence-electron chi connectivity index (χ3n) is 0.820. The zero-order valence-corrected chi connectivity index (χ0v) is 5.61. The molecule has 1 heterocycles. The Bertz CT molecular complexity index is 134. The molecule has 1 radical (unpaired) electrons. The van der Waals surface area contributed by atoms with Crippen molar-refractivity contribution in [2.45, 2.75) is 6.92 Å². The van der Waals surface area contributed by atoms with Crippen LogP contribution in [-0.2, 0) is 0 Å². The number of hydrogen-bond acceptors (Lipinski definition) is 1. The van der Waals surface area contributed by atoms with E-state index in [9.17, 15) is 0 Å². The van der Waals surface area contributed by atoms with Gasteiger partial charge in [-0.25, -0.2) is 0 Å². The lowest BCUT2D eigenvalue weighted by molar-refractivity contribution is 0.927. The average Bonchev–Trinajstić information content (AvgIpc) is 2.19. The zero-order chi connectivity index (χ0) is 5.82. The molecule has 0 fully saturated rings. The van der Waals surface area contributed by atoms with E-state index in [0.717, 1.165) is 11.5 Å². The van der Waals surface area contributed by atoms with Crippen LogP contribution in [0, 0.1) is 0 Å². The number of nitrogens with zero attached hydrogens (tertiary/aromatic N) is 1. The maximum Gasteiger partial charge on any atom is 0.110 e. The Kier molecular flexibility index (Phi) is 1.92. The first-order valence-corrected chi connectivity index (χ1v) is 3.52. The summed E-state index contributed by atoms with van der Waals surface area (Å²) < 4.78 is 0. The van der Waals surface area contributed by atoms with Crippen LogP contribution < -0.4 is 5.32 Å². The monoisotopic (exact) mass is 126 g/mol. The van der Waals surface area contributed by atoms with E-state index in [1.165, 1.54) is 0 Å². The largest absolute Gasteiger partial charge is 0.275 e. The highest BCUT2D eigenvalue weighted by Crippen LogP contribution is 2.13. The molecule has 2 heteroatoms. The quantitative estimate of drug-likeness (QED) is 0.575.